The maximum absolute atomic E-state index is 10.5. The lowest BCUT2D eigenvalue weighted by Gasteiger charge is -2.39. The number of phenols is 1. The molecule has 3 rings (SSSR count). The quantitative estimate of drug-likeness (QED) is 0.632. The zero-order chi connectivity index (χ0) is 14.8. The Bertz CT molecular complexity index is 484. The predicted octanol–water partition coefficient (Wildman–Crippen LogP) is 4.90. The van der Waals surface area contributed by atoms with Crippen LogP contribution < -0.4 is 5.32 Å². The van der Waals surface area contributed by atoms with Gasteiger partial charge in [-0.1, -0.05) is 44.7 Å². The highest BCUT2D eigenvalue weighted by Gasteiger charge is 2.34. The van der Waals surface area contributed by atoms with E-state index in [4.69, 9.17) is 0 Å². The summed E-state index contributed by atoms with van der Waals surface area (Å²) in [7, 11) is 0. The van der Waals surface area contributed by atoms with Crippen LogP contribution in [0.5, 0.6) is 5.75 Å². The van der Waals surface area contributed by atoms with Crippen LogP contribution in [0.1, 0.15) is 37.3 Å². The normalized spacial score (nSPS) is 20.6. The summed E-state index contributed by atoms with van der Waals surface area (Å²) in [4.78, 5) is 2.56. The first-order valence-electron chi connectivity index (χ1n) is 7.79. The highest BCUT2D eigenvalue weighted by Crippen LogP contribution is 2.46. The number of piperazine rings is 1. The lowest BCUT2D eigenvalue weighted by molar-refractivity contribution is 0.123. The van der Waals surface area contributed by atoms with Gasteiger partial charge >= 0.3 is 0 Å². The van der Waals surface area contributed by atoms with Crippen LogP contribution in [-0.2, 0) is 0 Å². The monoisotopic (exact) mass is 488 g/mol. The van der Waals surface area contributed by atoms with E-state index in [0.29, 0.717) is 17.7 Å². The lowest BCUT2D eigenvalue weighted by atomic mass is 9.89. The molecule has 1 saturated heterocycles. The molecule has 1 heterocycles. The van der Waals surface area contributed by atoms with Gasteiger partial charge in [0.15, 0.2) is 0 Å². The SMILES string of the molecule is Cl.Cl.Oc1cc(Br)cc(Br)c1[C@@H](C1CCCC1)N1CCNCC1. The third kappa shape index (κ3) is 4.99. The molecular formula is C16H24Br2Cl2N2O. The molecule has 3 nitrogen and oxygen atoms in total. The molecule has 0 amide bonds. The molecule has 132 valence electrons. The van der Waals surface area contributed by atoms with Crippen molar-refractivity contribution in [2.75, 3.05) is 26.2 Å². The fourth-order valence-electron chi connectivity index (χ4n) is 3.81. The Morgan fingerprint density at radius 2 is 1.70 bits per heavy atom. The van der Waals surface area contributed by atoms with Gasteiger partial charge in [-0.25, -0.2) is 0 Å². The van der Waals surface area contributed by atoms with E-state index in [9.17, 15) is 5.11 Å². The maximum Gasteiger partial charge on any atom is 0.122 e. The second kappa shape index (κ2) is 9.83. The molecule has 23 heavy (non-hydrogen) atoms. The summed E-state index contributed by atoms with van der Waals surface area (Å²) in [6.07, 6.45) is 5.19. The first kappa shape index (κ1) is 21.5. The number of phenolic OH excluding ortho intramolecular Hbond substituents is 1. The lowest BCUT2D eigenvalue weighted by Crippen LogP contribution is -2.46. The fraction of sp³-hybridized carbons (Fsp3) is 0.625. The molecule has 0 unspecified atom stereocenters. The summed E-state index contributed by atoms with van der Waals surface area (Å²) in [5.74, 6) is 1.07. The number of nitrogens with zero attached hydrogens (tertiary/aromatic N) is 1. The van der Waals surface area contributed by atoms with Crippen LogP contribution in [0.2, 0.25) is 0 Å². The summed E-state index contributed by atoms with van der Waals surface area (Å²) in [5.41, 5.74) is 1.08. The number of hydrogen-bond acceptors (Lipinski definition) is 3. The van der Waals surface area contributed by atoms with Crippen LogP contribution >= 0.6 is 56.7 Å². The smallest absolute Gasteiger partial charge is 0.122 e. The molecule has 1 atom stereocenters. The van der Waals surface area contributed by atoms with Gasteiger partial charge in [0.25, 0.3) is 0 Å². The summed E-state index contributed by atoms with van der Waals surface area (Å²) in [5, 5.41) is 14.0. The first-order valence-corrected chi connectivity index (χ1v) is 9.38. The number of nitrogens with one attached hydrogen (secondary N) is 1. The van der Waals surface area contributed by atoms with E-state index in [1.165, 1.54) is 25.7 Å². The third-order valence-electron chi connectivity index (χ3n) is 4.76. The molecule has 1 aromatic rings. The largest absolute Gasteiger partial charge is 0.508 e. The van der Waals surface area contributed by atoms with E-state index in [1.807, 2.05) is 6.07 Å². The van der Waals surface area contributed by atoms with Crippen molar-refractivity contribution in [2.24, 2.45) is 5.92 Å². The van der Waals surface area contributed by atoms with Gasteiger partial charge < -0.3 is 10.4 Å². The van der Waals surface area contributed by atoms with Gasteiger partial charge in [0.2, 0.25) is 0 Å². The van der Waals surface area contributed by atoms with Gasteiger partial charge in [-0.05, 0) is 30.9 Å². The van der Waals surface area contributed by atoms with E-state index >= 15 is 0 Å². The molecule has 1 aromatic carbocycles. The Kier molecular flexibility index (Phi) is 9.20. The molecule has 0 radical (unpaired) electrons. The Morgan fingerprint density at radius 3 is 2.26 bits per heavy atom. The topological polar surface area (TPSA) is 35.5 Å². The van der Waals surface area contributed by atoms with Crippen molar-refractivity contribution in [3.05, 3.63) is 26.6 Å². The highest BCUT2D eigenvalue weighted by atomic mass is 79.9. The predicted molar refractivity (Wildman–Crippen MR) is 107 cm³/mol. The fourth-order valence-corrected chi connectivity index (χ4v) is 5.25. The Hall–Kier alpha value is 0.480. The van der Waals surface area contributed by atoms with Gasteiger partial charge in [-0.2, -0.15) is 0 Å². The van der Waals surface area contributed by atoms with E-state index in [1.54, 1.807) is 0 Å². The number of benzene rings is 1. The zero-order valence-corrected chi connectivity index (χ0v) is 17.7. The number of rotatable bonds is 3. The van der Waals surface area contributed by atoms with Gasteiger partial charge in [0.05, 0.1) is 0 Å². The zero-order valence-electron chi connectivity index (χ0n) is 12.9. The Balaban J connectivity index is 0.00000132. The molecule has 0 spiro atoms. The molecule has 1 aliphatic carbocycles. The van der Waals surface area contributed by atoms with Crippen LogP contribution in [-0.4, -0.2) is 36.2 Å². The average Bonchev–Trinajstić information content (AvgIpc) is 2.97. The van der Waals surface area contributed by atoms with Crippen molar-refractivity contribution >= 4 is 56.7 Å². The van der Waals surface area contributed by atoms with Gasteiger partial charge in [-0.15, -0.1) is 24.8 Å². The Morgan fingerprint density at radius 1 is 1.09 bits per heavy atom. The maximum atomic E-state index is 10.5. The molecule has 2 N–H and O–H groups in total. The summed E-state index contributed by atoms with van der Waals surface area (Å²) >= 11 is 7.14. The number of halogens is 4. The molecule has 2 fully saturated rings. The van der Waals surface area contributed by atoms with E-state index in [2.05, 4.69) is 48.1 Å². The van der Waals surface area contributed by atoms with Crippen molar-refractivity contribution < 1.29 is 5.11 Å². The summed E-state index contributed by atoms with van der Waals surface area (Å²) < 4.78 is 1.94. The molecule has 7 heteroatoms. The van der Waals surface area contributed by atoms with Gasteiger partial charge in [0, 0.05) is 46.7 Å². The van der Waals surface area contributed by atoms with Crippen molar-refractivity contribution in [3.63, 3.8) is 0 Å². The van der Waals surface area contributed by atoms with E-state index < -0.39 is 0 Å². The molecule has 0 bridgehead atoms. The highest BCUT2D eigenvalue weighted by molar-refractivity contribution is 9.11. The second-order valence-corrected chi connectivity index (χ2v) is 7.87. The second-order valence-electron chi connectivity index (χ2n) is 6.10. The minimum Gasteiger partial charge on any atom is -0.508 e. The third-order valence-corrected chi connectivity index (χ3v) is 5.87. The summed E-state index contributed by atoms with van der Waals surface area (Å²) in [6, 6.07) is 4.21. The minimum absolute atomic E-state index is 0. The van der Waals surface area contributed by atoms with Crippen molar-refractivity contribution in [1.29, 1.82) is 0 Å². The van der Waals surface area contributed by atoms with E-state index in [-0.39, 0.29) is 24.8 Å². The number of hydrogen-bond donors (Lipinski definition) is 2. The molecular weight excluding hydrogens is 467 g/mol. The van der Waals surface area contributed by atoms with Crippen LogP contribution in [0.4, 0.5) is 0 Å². The average molecular weight is 491 g/mol. The van der Waals surface area contributed by atoms with Crippen LogP contribution in [0, 0.1) is 5.92 Å². The van der Waals surface area contributed by atoms with Crippen LogP contribution in [0.3, 0.4) is 0 Å². The van der Waals surface area contributed by atoms with Crippen molar-refractivity contribution in [3.8, 4) is 5.75 Å². The first-order chi connectivity index (χ1) is 10.2. The van der Waals surface area contributed by atoms with Gasteiger partial charge in [0.1, 0.15) is 5.75 Å². The van der Waals surface area contributed by atoms with Crippen LogP contribution in [0.25, 0.3) is 0 Å². The molecule has 1 aliphatic heterocycles. The van der Waals surface area contributed by atoms with Gasteiger partial charge in [-0.3, -0.25) is 4.90 Å². The Labute approximate surface area is 167 Å². The number of aromatic hydroxyl groups is 1. The summed E-state index contributed by atoms with van der Waals surface area (Å²) in [6.45, 7) is 4.20. The molecule has 2 aliphatic rings. The molecule has 1 saturated carbocycles. The molecule has 0 aromatic heterocycles. The van der Waals surface area contributed by atoms with Crippen molar-refractivity contribution in [2.45, 2.75) is 31.7 Å². The van der Waals surface area contributed by atoms with E-state index in [0.717, 1.165) is 40.7 Å². The minimum atomic E-state index is 0. The van der Waals surface area contributed by atoms with Crippen molar-refractivity contribution in [1.82, 2.24) is 10.2 Å². The standard InChI is InChI=1S/C16H22Br2N2O.2ClH/c17-12-9-13(18)15(14(21)10-12)16(11-3-1-2-4-11)20-7-5-19-6-8-20;;/h9-11,16,19,21H,1-8H2;2*1H/t16-;;/m1../s1. The van der Waals surface area contributed by atoms with Crippen LogP contribution in [0.15, 0.2) is 21.1 Å².